The zero-order valence-corrected chi connectivity index (χ0v) is 14.1. The largest absolute Gasteiger partial charge is 0.393 e. The first-order chi connectivity index (χ1) is 10.8. The number of urea groups is 1. The summed E-state index contributed by atoms with van der Waals surface area (Å²) in [4.78, 5) is 11.7. The van der Waals surface area contributed by atoms with Crippen LogP contribution in [0.25, 0.3) is 0 Å². The molecule has 8 heteroatoms. The van der Waals surface area contributed by atoms with Gasteiger partial charge in [-0.25, -0.2) is 13.2 Å². The fraction of sp³-hybridized carbons (Fsp3) is 0.533. The van der Waals surface area contributed by atoms with Crippen molar-refractivity contribution in [3.05, 3.63) is 29.8 Å². The molecule has 0 bridgehead atoms. The standard InChI is InChI=1S/C15H23N3O4S/c1-18(23(2,21)22)13-5-3-4-11(6-13)9-16-15(20)17-10-12-7-14(19)8-12/h3-6,12,14,19H,7-10H2,1-2H3,(H2,16,17,20). The number of nitrogens with one attached hydrogen (secondary N) is 2. The summed E-state index contributed by atoms with van der Waals surface area (Å²) in [5.74, 6) is 0.350. The van der Waals surface area contributed by atoms with Crippen molar-refractivity contribution in [3.8, 4) is 0 Å². The Hall–Kier alpha value is -1.80. The Morgan fingerprint density at radius 2 is 2.04 bits per heavy atom. The zero-order chi connectivity index (χ0) is 17.0. The van der Waals surface area contributed by atoms with Gasteiger partial charge in [0.15, 0.2) is 0 Å². The Bertz CT molecular complexity index is 656. The number of sulfonamides is 1. The SMILES string of the molecule is CN(c1cccc(CNC(=O)NCC2CC(O)C2)c1)S(C)(=O)=O. The average Bonchev–Trinajstić information content (AvgIpc) is 2.47. The van der Waals surface area contributed by atoms with Gasteiger partial charge in [-0.05, 0) is 36.5 Å². The van der Waals surface area contributed by atoms with E-state index in [2.05, 4.69) is 10.6 Å². The quantitative estimate of drug-likeness (QED) is 0.707. The number of benzene rings is 1. The third-order valence-electron chi connectivity index (χ3n) is 3.99. The number of amides is 2. The summed E-state index contributed by atoms with van der Waals surface area (Å²) in [6.07, 6.45) is 2.39. The van der Waals surface area contributed by atoms with Gasteiger partial charge >= 0.3 is 6.03 Å². The maximum atomic E-state index is 11.7. The van der Waals surface area contributed by atoms with E-state index in [1.54, 1.807) is 18.2 Å². The number of carbonyl (C=O) groups is 1. The number of rotatable bonds is 6. The van der Waals surface area contributed by atoms with E-state index in [9.17, 15) is 18.3 Å². The molecule has 2 amide bonds. The van der Waals surface area contributed by atoms with E-state index in [1.165, 1.54) is 11.4 Å². The highest BCUT2D eigenvalue weighted by Gasteiger charge is 2.27. The molecule has 0 atom stereocenters. The van der Waals surface area contributed by atoms with Gasteiger partial charge in [0.05, 0.1) is 18.0 Å². The number of hydrogen-bond acceptors (Lipinski definition) is 4. The van der Waals surface area contributed by atoms with Gasteiger partial charge in [0.2, 0.25) is 10.0 Å². The van der Waals surface area contributed by atoms with E-state index in [0.717, 1.165) is 24.7 Å². The molecular weight excluding hydrogens is 318 g/mol. The molecular formula is C15H23N3O4S. The molecule has 3 N–H and O–H groups in total. The minimum atomic E-state index is -3.31. The van der Waals surface area contributed by atoms with E-state index in [1.807, 2.05) is 6.07 Å². The Balaban J connectivity index is 1.82. The van der Waals surface area contributed by atoms with Crippen molar-refractivity contribution in [1.82, 2.24) is 10.6 Å². The van der Waals surface area contributed by atoms with E-state index in [0.29, 0.717) is 24.7 Å². The van der Waals surface area contributed by atoms with E-state index >= 15 is 0 Å². The van der Waals surface area contributed by atoms with Crippen molar-refractivity contribution >= 4 is 21.7 Å². The van der Waals surface area contributed by atoms with Crippen LogP contribution in [-0.2, 0) is 16.6 Å². The summed E-state index contributed by atoms with van der Waals surface area (Å²) in [5, 5.41) is 14.7. The van der Waals surface area contributed by atoms with Gasteiger partial charge in [-0.2, -0.15) is 0 Å². The maximum Gasteiger partial charge on any atom is 0.315 e. The second kappa shape index (κ2) is 7.18. The Kier molecular flexibility index (Phi) is 5.48. The van der Waals surface area contributed by atoms with Gasteiger partial charge in [-0.3, -0.25) is 4.31 Å². The third-order valence-corrected chi connectivity index (χ3v) is 5.19. The Morgan fingerprint density at radius 3 is 2.65 bits per heavy atom. The third kappa shape index (κ3) is 5.11. The first-order valence-electron chi connectivity index (χ1n) is 7.48. The van der Waals surface area contributed by atoms with Gasteiger partial charge in [0.1, 0.15) is 0 Å². The normalized spacial score (nSPS) is 20.5. The number of aliphatic hydroxyl groups excluding tert-OH is 1. The molecule has 1 aromatic carbocycles. The fourth-order valence-corrected chi connectivity index (χ4v) is 2.90. The molecule has 0 saturated heterocycles. The van der Waals surface area contributed by atoms with Crippen molar-refractivity contribution in [3.63, 3.8) is 0 Å². The molecule has 23 heavy (non-hydrogen) atoms. The number of nitrogens with zero attached hydrogens (tertiary/aromatic N) is 1. The number of anilines is 1. The van der Waals surface area contributed by atoms with Crippen molar-refractivity contribution in [1.29, 1.82) is 0 Å². The highest BCUT2D eigenvalue weighted by atomic mass is 32.2. The monoisotopic (exact) mass is 341 g/mol. The van der Waals surface area contributed by atoms with Gasteiger partial charge < -0.3 is 15.7 Å². The van der Waals surface area contributed by atoms with Crippen LogP contribution in [0.2, 0.25) is 0 Å². The molecule has 1 saturated carbocycles. The van der Waals surface area contributed by atoms with Crippen LogP contribution in [-0.4, -0.2) is 45.5 Å². The fourth-order valence-electron chi connectivity index (χ4n) is 2.40. The second-order valence-electron chi connectivity index (χ2n) is 5.96. The van der Waals surface area contributed by atoms with E-state index < -0.39 is 10.0 Å². The van der Waals surface area contributed by atoms with Crippen LogP contribution in [0.15, 0.2) is 24.3 Å². The van der Waals surface area contributed by atoms with Crippen LogP contribution in [0, 0.1) is 5.92 Å². The van der Waals surface area contributed by atoms with Gasteiger partial charge in [0, 0.05) is 20.1 Å². The second-order valence-corrected chi connectivity index (χ2v) is 7.97. The first-order valence-corrected chi connectivity index (χ1v) is 9.33. The van der Waals surface area contributed by atoms with Crippen LogP contribution in [0.4, 0.5) is 10.5 Å². The van der Waals surface area contributed by atoms with Crippen LogP contribution >= 0.6 is 0 Å². The zero-order valence-electron chi connectivity index (χ0n) is 13.3. The predicted octanol–water partition coefficient (Wildman–Crippen LogP) is 0.652. The molecule has 0 radical (unpaired) electrons. The average molecular weight is 341 g/mol. The molecule has 0 aromatic heterocycles. The van der Waals surface area contributed by atoms with Crippen LogP contribution in [0.3, 0.4) is 0 Å². The van der Waals surface area contributed by atoms with Crippen LogP contribution < -0.4 is 14.9 Å². The molecule has 0 heterocycles. The van der Waals surface area contributed by atoms with Gasteiger partial charge in [0.25, 0.3) is 0 Å². The highest BCUT2D eigenvalue weighted by molar-refractivity contribution is 7.92. The summed E-state index contributed by atoms with van der Waals surface area (Å²) in [6.45, 7) is 0.865. The molecule has 1 aromatic rings. The molecule has 1 aliphatic rings. The summed E-state index contributed by atoms with van der Waals surface area (Å²) in [5.41, 5.74) is 1.36. The lowest BCUT2D eigenvalue weighted by molar-refractivity contribution is 0.0441. The van der Waals surface area contributed by atoms with E-state index in [-0.39, 0.29) is 12.1 Å². The summed E-state index contributed by atoms with van der Waals surface area (Å²) in [7, 11) is -1.82. The van der Waals surface area contributed by atoms with Gasteiger partial charge in [-0.1, -0.05) is 12.1 Å². The topological polar surface area (TPSA) is 98.7 Å². The molecule has 0 aliphatic heterocycles. The highest BCUT2D eigenvalue weighted by Crippen LogP contribution is 2.26. The molecule has 1 aliphatic carbocycles. The number of hydrogen-bond donors (Lipinski definition) is 3. The van der Waals surface area contributed by atoms with Crippen molar-refractivity contribution in [2.45, 2.75) is 25.5 Å². The lowest BCUT2D eigenvalue weighted by atomic mass is 9.82. The molecule has 7 nitrogen and oxygen atoms in total. The molecule has 2 rings (SSSR count). The minimum absolute atomic E-state index is 0.223. The maximum absolute atomic E-state index is 11.7. The lowest BCUT2D eigenvalue weighted by Crippen LogP contribution is -2.42. The summed E-state index contributed by atoms with van der Waals surface area (Å²) in [6, 6.07) is 6.73. The summed E-state index contributed by atoms with van der Waals surface area (Å²) >= 11 is 0. The Morgan fingerprint density at radius 1 is 1.35 bits per heavy atom. The summed E-state index contributed by atoms with van der Waals surface area (Å²) < 4.78 is 24.3. The number of aliphatic hydroxyl groups is 1. The minimum Gasteiger partial charge on any atom is -0.393 e. The lowest BCUT2D eigenvalue weighted by Gasteiger charge is -2.31. The first kappa shape index (κ1) is 17.6. The number of carbonyl (C=O) groups excluding carboxylic acids is 1. The molecule has 0 unspecified atom stereocenters. The van der Waals surface area contributed by atoms with E-state index in [4.69, 9.17) is 0 Å². The van der Waals surface area contributed by atoms with Crippen molar-refractivity contribution in [2.75, 3.05) is 24.2 Å². The molecule has 1 fully saturated rings. The molecule has 0 spiro atoms. The Labute approximate surface area is 136 Å². The molecule has 128 valence electrons. The smallest absolute Gasteiger partial charge is 0.315 e. The van der Waals surface area contributed by atoms with Crippen molar-refractivity contribution < 1.29 is 18.3 Å². The van der Waals surface area contributed by atoms with Gasteiger partial charge in [-0.15, -0.1) is 0 Å². The van der Waals surface area contributed by atoms with Crippen molar-refractivity contribution in [2.24, 2.45) is 5.92 Å². The predicted molar refractivity (Wildman–Crippen MR) is 88.7 cm³/mol. The van der Waals surface area contributed by atoms with Crippen LogP contribution in [0.1, 0.15) is 18.4 Å². The van der Waals surface area contributed by atoms with Crippen LogP contribution in [0.5, 0.6) is 0 Å².